The van der Waals surface area contributed by atoms with E-state index in [0.717, 1.165) is 43.2 Å². The van der Waals surface area contributed by atoms with Crippen molar-refractivity contribution in [1.82, 2.24) is 30.3 Å². The minimum absolute atomic E-state index is 0.0721. The van der Waals surface area contributed by atoms with Gasteiger partial charge in [0.15, 0.2) is 0 Å². The van der Waals surface area contributed by atoms with Gasteiger partial charge in [0.1, 0.15) is 17.6 Å². The molecular formula is C41H47N7O6. The first-order valence-electron chi connectivity index (χ1n) is 19.5. The van der Waals surface area contributed by atoms with E-state index in [0.29, 0.717) is 74.7 Å². The van der Waals surface area contributed by atoms with E-state index in [4.69, 9.17) is 5.73 Å². The number of hydrogen-bond donors (Lipinski definition) is 3. The number of likely N-dealkylation sites (tertiary alicyclic amines) is 1. The maximum atomic E-state index is 13.9. The molecule has 1 aromatic heterocycles. The predicted molar refractivity (Wildman–Crippen MR) is 196 cm³/mol. The minimum atomic E-state index is -0.791. The normalized spacial score (nSPS) is 28.1. The number of carbonyl (C=O) groups excluding carboxylic acids is 6. The molecule has 54 heavy (non-hydrogen) atoms. The number of imide groups is 1. The quantitative estimate of drug-likeness (QED) is 0.200. The lowest BCUT2D eigenvalue weighted by Crippen LogP contribution is -2.71. The van der Waals surface area contributed by atoms with Crippen LogP contribution in [0.3, 0.4) is 0 Å². The van der Waals surface area contributed by atoms with Crippen LogP contribution in [0.15, 0.2) is 42.6 Å². The first-order valence-corrected chi connectivity index (χ1v) is 19.5. The number of nitrogens with one attached hydrogen (secondary N) is 2. The summed E-state index contributed by atoms with van der Waals surface area (Å²) in [6.07, 6.45) is 9.68. The molecule has 5 fully saturated rings. The number of unbranched alkanes of at least 4 members (excludes halogenated alkanes) is 3. The Bertz CT molecular complexity index is 1930. The molecule has 282 valence electrons. The number of nitrogens with two attached hydrogens (primary N) is 1. The van der Waals surface area contributed by atoms with Crippen molar-refractivity contribution in [2.24, 2.45) is 17.6 Å². The van der Waals surface area contributed by atoms with Crippen LogP contribution in [0, 0.1) is 23.7 Å². The fraction of sp³-hybridized carbons (Fsp3) is 0.537. The Morgan fingerprint density at radius 1 is 0.963 bits per heavy atom. The Morgan fingerprint density at radius 2 is 1.80 bits per heavy atom. The lowest BCUT2D eigenvalue weighted by atomic mass is 9.84. The number of fused-ring (bicyclic) bond motifs is 3. The monoisotopic (exact) mass is 733 g/mol. The zero-order valence-electron chi connectivity index (χ0n) is 30.4. The number of pyridine rings is 1. The molecule has 6 heterocycles. The number of carbonyl (C=O) groups is 6. The number of rotatable bonds is 9. The molecule has 1 aliphatic carbocycles. The van der Waals surface area contributed by atoms with Crippen molar-refractivity contribution in [2.75, 3.05) is 13.1 Å². The highest BCUT2D eigenvalue weighted by atomic mass is 16.2. The second-order valence-corrected chi connectivity index (χ2v) is 16.0. The third-order valence-corrected chi connectivity index (χ3v) is 12.3. The second-order valence-electron chi connectivity index (χ2n) is 16.0. The fourth-order valence-electron chi connectivity index (χ4n) is 9.33. The highest BCUT2D eigenvalue weighted by Gasteiger charge is 2.54. The number of hydrogen-bond acceptors (Lipinski definition) is 8. The summed E-state index contributed by atoms with van der Waals surface area (Å²) in [6.45, 7) is 0.870. The predicted octanol–water partition coefficient (Wildman–Crippen LogP) is 2.12. The van der Waals surface area contributed by atoms with Crippen molar-refractivity contribution in [1.29, 1.82) is 0 Å². The molecule has 5 aliphatic heterocycles. The molecule has 4 saturated heterocycles. The zero-order valence-corrected chi connectivity index (χ0v) is 30.4. The van der Waals surface area contributed by atoms with Gasteiger partial charge in [-0.1, -0.05) is 30.4 Å². The van der Waals surface area contributed by atoms with Gasteiger partial charge in [-0.3, -0.25) is 39.1 Å². The summed E-state index contributed by atoms with van der Waals surface area (Å²) in [4.78, 5) is 87.3. The first kappa shape index (κ1) is 35.9. The van der Waals surface area contributed by atoms with Crippen LogP contribution in [0.4, 0.5) is 0 Å². The molecule has 1 unspecified atom stereocenters. The molecule has 0 spiro atoms. The van der Waals surface area contributed by atoms with Gasteiger partial charge in [0.25, 0.3) is 5.91 Å². The van der Waals surface area contributed by atoms with E-state index in [1.807, 2.05) is 24.3 Å². The second kappa shape index (κ2) is 14.6. The summed E-state index contributed by atoms with van der Waals surface area (Å²) in [5.41, 5.74) is 8.33. The van der Waals surface area contributed by atoms with E-state index in [9.17, 15) is 28.8 Å². The van der Waals surface area contributed by atoms with Crippen LogP contribution in [0.2, 0.25) is 0 Å². The third-order valence-electron chi connectivity index (χ3n) is 12.3. The number of amides is 6. The Balaban J connectivity index is 0.822. The number of aromatic nitrogens is 1. The van der Waals surface area contributed by atoms with Gasteiger partial charge < -0.3 is 25.8 Å². The lowest BCUT2D eigenvalue weighted by Gasteiger charge is -2.51. The Hall–Kier alpha value is -5.09. The maximum Gasteiger partial charge on any atom is 0.255 e. The largest absolute Gasteiger partial charge is 0.342 e. The summed E-state index contributed by atoms with van der Waals surface area (Å²) in [5, 5.41) is 5.54. The molecule has 6 aliphatic rings. The lowest BCUT2D eigenvalue weighted by molar-refractivity contribution is -0.153. The molecule has 13 nitrogen and oxygen atoms in total. The van der Waals surface area contributed by atoms with Gasteiger partial charge in [-0.15, -0.1) is 0 Å². The molecule has 0 bridgehead atoms. The molecule has 8 rings (SSSR count). The molecule has 4 N–H and O–H groups in total. The van der Waals surface area contributed by atoms with E-state index in [1.165, 1.54) is 4.90 Å². The molecule has 13 heteroatoms. The minimum Gasteiger partial charge on any atom is -0.342 e. The van der Waals surface area contributed by atoms with E-state index in [2.05, 4.69) is 27.5 Å². The van der Waals surface area contributed by atoms with Crippen LogP contribution in [0.25, 0.3) is 0 Å². The van der Waals surface area contributed by atoms with Crippen LogP contribution in [0.1, 0.15) is 104 Å². The van der Waals surface area contributed by atoms with E-state index in [-0.39, 0.29) is 48.5 Å². The summed E-state index contributed by atoms with van der Waals surface area (Å²) >= 11 is 0. The maximum absolute atomic E-state index is 13.9. The van der Waals surface area contributed by atoms with Gasteiger partial charge in [0.2, 0.25) is 29.5 Å². The highest BCUT2D eigenvalue weighted by molar-refractivity contribution is 6.05. The van der Waals surface area contributed by atoms with Crippen molar-refractivity contribution < 1.29 is 28.8 Å². The zero-order chi connectivity index (χ0) is 37.6. The topological polar surface area (TPSA) is 175 Å². The third kappa shape index (κ3) is 6.88. The van der Waals surface area contributed by atoms with Crippen molar-refractivity contribution in [3.05, 3.63) is 65.0 Å². The van der Waals surface area contributed by atoms with E-state index in [1.54, 1.807) is 28.1 Å². The Kier molecular flexibility index (Phi) is 9.73. The Labute approximate surface area is 314 Å². The van der Waals surface area contributed by atoms with Crippen molar-refractivity contribution >= 4 is 35.4 Å². The van der Waals surface area contributed by atoms with Crippen LogP contribution in [0.5, 0.6) is 0 Å². The molecule has 0 radical (unpaired) electrons. The van der Waals surface area contributed by atoms with Gasteiger partial charge in [0.05, 0.1) is 24.8 Å². The standard InChI is InChI=1S/C41H47N7O6/c42-31-21-27-19-26(27)20-28-14-15-33(48(28)39(31)53)40(54)46-23-41(24-46,34-12-6-7-18-43-34)45-36(50)13-5-3-1-2-4-9-25-10-8-11-29-30(25)22-47(38(29)52)32-16-17-35(49)44-37(32)51/h6-8,10-12,18,26-28,31-33H,1-3,5,13-17,19-24,42H2,(H,45,50)(H,44,49,51)/t26-,27+,28-,31+,32?,33+/m1/s1. The Morgan fingerprint density at radius 3 is 2.59 bits per heavy atom. The average Bonchev–Trinajstić information content (AvgIpc) is 3.57. The molecule has 6 atom stereocenters. The average molecular weight is 734 g/mol. The summed E-state index contributed by atoms with van der Waals surface area (Å²) in [5.74, 6) is 6.31. The molecule has 2 aromatic rings. The van der Waals surface area contributed by atoms with Crippen molar-refractivity contribution in [2.45, 2.75) is 113 Å². The van der Waals surface area contributed by atoms with Gasteiger partial charge in [0, 0.05) is 49.2 Å². The van der Waals surface area contributed by atoms with Gasteiger partial charge >= 0.3 is 0 Å². The van der Waals surface area contributed by atoms with Crippen LogP contribution >= 0.6 is 0 Å². The molecule has 1 saturated carbocycles. The van der Waals surface area contributed by atoms with Gasteiger partial charge in [-0.25, -0.2) is 0 Å². The summed E-state index contributed by atoms with van der Waals surface area (Å²) in [7, 11) is 0. The first-order chi connectivity index (χ1) is 26.1. The SMILES string of the molecule is N[C@H]1C[C@@H]2C[C@@H]2C[C@H]2CC[C@@H](C(=O)N3CC(NC(=O)CCCCCC#Cc4cccc5c4CN(C4CCC(=O)NC4=O)C5=O)(c4ccccn4)C3)N2C1=O. The smallest absolute Gasteiger partial charge is 0.255 e. The molecule has 6 amide bonds. The van der Waals surface area contributed by atoms with Crippen LogP contribution in [-0.4, -0.2) is 92.4 Å². The number of nitrogens with zero attached hydrogens (tertiary/aromatic N) is 4. The van der Waals surface area contributed by atoms with Crippen LogP contribution < -0.4 is 16.4 Å². The number of piperidine rings is 1. The number of benzene rings is 1. The van der Waals surface area contributed by atoms with Crippen LogP contribution in [-0.2, 0) is 36.1 Å². The molecule has 1 aromatic carbocycles. The summed E-state index contributed by atoms with van der Waals surface area (Å²) in [6, 6.07) is 9.34. The van der Waals surface area contributed by atoms with E-state index < -0.39 is 29.6 Å². The van der Waals surface area contributed by atoms with Crippen molar-refractivity contribution in [3.8, 4) is 11.8 Å². The van der Waals surface area contributed by atoms with Gasteiger partial charge in [-0.2, -0.15) is 0 Å². The van der Waals surface area contributed by atoms with E-state index >= 15 is 0 Å². The fourth-order valence-corrected chi connectivity index (χ4v) is 9.33. The van der Waals surface area contributed by atoms with Crippen molar-refractivity contribution in [3.63, 3.8) is 0 Å². The van der Waals surface area contributed by atoms with Gasteiger partial charge in [-0.05, 0) is 93.0 Å². The molecular weight excluding hydrogens is 686 g/mol. The highest BCUT2D eigenvalue weighted by Crippen LogP contribution is 2.49. The summed E-state index contributed by atoms with van der Waals surface area (Å²) < 4.78 is 0.